The number of hydrogen-bond donors (Lipinski definition) is 1. The number of ether oxygens (including phenoxy) is 2. The van der Waals surface area contributed by atoms with Gasteiger partial charge in [0.15, 0.2) is 0 Å². The molecule has 100 valence electrons. The van der Waals surface area contributed by atoms with Gasteiger partial charge >= 0.3 is 0 Å². The van der Waals surface area contributed by atoms with E-state index in [1.165, 1.54) is 16.9 Å². The molecule has 0 spiro atoms. The van der Waals surface area contributed by atoms with Crippen molar-refractivity contribution >= 4 is 0 Å². The highest BCUT2D eigenvalue weighted by Crippen LogP contribution is 2.19. The Balaban J connectivity index is 1.99. The molecule has 0 aliphatic carbocycles. The number of nitrogens with two attached hydrogens (primary N) is 1. The second-order valence-electron chi connectivity index (χ2n) is 4.49. The van der Waals surface area contributed by atoms with Gasteiger partial charge in [-0.1, -0.05) is 0 Å². The first-order valence-corrected chi connectivity index (χ1v) is 6.24. The Morgan fingerprint density at radius 3 is 3.06 bits per heavy atom. The lowest BCUT2D eigenvalue weighted by molar-refractivity contribution is 0.0427. The maximum Gasteiger partial charge on any atom is 0.270 e. The minimum absolute atomic E-state index is 0.0843. The molecule has 2 N–H and O–H groups in total. The van der Waals surface area contributed by atoms with E-state index in [0.29, 0.717) is 25.4 Å². The van der Waals surface area contributed by atoms with E-state index in [1.807, 2.05) is 6.92 Å². The zero-order valence-corrected chi connectivity index (χ0v) is 10.5. The minimum Gasteiger partial charge on any atom is -0.490 e. The quantitative estimate of drug-likeness (QED) is 0.808. The minimum atomic E-state index is -0.173. The van der Waals surface area contributed by atoms with E-state index >= 15 is 0 Å². The van der Waals surface area contributed by atoms with E-state index in [1.54, 1.807) is 0 Å². The number of rotatable bonds is 5. The van der Waals surface area contributed by atoms with Crippen LogP contribution in [-0.2, 0) is 11.3 Å². The van der Waals surface area contributed by atoms with Crippen LogP contribution in [0.1, 0.15) is 19.8 Å². The van der Waals surface area contributed by atoms with Crippen molar-refractivity contribution in [3.8, 4) is 5.75 Å². The fourth-order valence-electron chi connectivity index (χ4n) is 2.02. The fourth-order valence-corrected chi connectivity index (χ4v) is 2.02. The number of nitrogens with zero attached hydrogens (tertiary/aromatic N) is 2. The molecule has 1 aliphatic heterocycles. The Morgan fingerprint density at radius 1 is 1.61 bits per heavy atom. The van der Waals surface area contributed by atoms with Crippen molar-refractivity contribution < 1.29 is 9.47 Å². The van der Waals surface area contributed by atoms with Crippen LogP contribution in [0.5, 0.6) is 5.75 Å². The molecular weight excluding hydrogens is 234 g/mol. The van der Waals surface area contributed by atoms with Crippen LogP contribution in [0.3, 0.4) is 0 Å². The zero-order valence-electron chi connectivity index (χ0n) is 10.5. The molecule has 2 atom stereocenters. The summed E-state index contributed by atoms with van der Waals surface area (Å²) in [7, 11) is 0. The van der Waals surface area contributed by atoms with Gasteiger partial charge in [-0.25, -0.2) is 4.68 Å². The Morgan fingerprint density at radius 2 is 2.44 bits per heavy atom. The highest BCUT2D eigenvalue weighted by Gasteiger charge is 2.22. The van der Waals surface area contributed by atoms with Crippen molar-refractivity contribution in [2.45, 2.75) is 38.5 Å². The molecule has 1 aromatic heterocycles. The standard InChI is InChI=1S/C12H19N3O3/c1-9-2-3-10(18-9)8-15-12(16)6-11(7-14-15)17-5-4-13/h6-7,9-10H,2-5,8,13H2,1H3. The first-order valence-electron chi connectivity index (χ1n) is 6.24. The first-order chi connectivity index (χ1) is 8.69. The largest absolute Gasteiger partial charge is 0.490 e. The molecule has 1 aliphatic rings. The third-order valence-electron chi connectivity index (χ3n) is 2.93. The molecule has 1 saturated heterocycles. The molecule has 0 bridgehead atoms. The van der Waals surface area contributed by atoms with Crippen LogP contribution in [0, 0.1) is 0 Å². The van der Waals surface area contributed by atoms with Gasteiger partial charge in [0.25, 0.3) is 5.56 Å². The van der Waals surface area contributed by atoms with E-state index in [0.717, 1.165) is 12.8 Å². The van der Waals surface area contributed by atoms with E-state index in [2.05, 4.69) is 5.10 Å². The summed E-state index contributed by atoms with van der Waals surface area (Å²) < 4.78 is 12.3. The summed E-state index contributed by atoms with van der Waals surface area (Å²) in [5.74, 6) is 0.461. The average molecular weight is 253 g/mol. The molecule has 18 heavy (non-hydrogen) atoms. The van der Waals surface area contributed by atoms with Crippen LogP contribution in [-0.4, -0.2) is 35.1 Å². The predicted octanol–water partition coefficient (Wildman–Crippen LogP) is 0.148. The molecule has 1 aromatic rings. The van der Waals surface area contributed by atoms with Gasteiger partial charge in [0.05, 0.1) is 24.9 Å². The average Bonchev–Trinajstić information content (AvgIpc) is 2.75. The van der Waals surface area contributed by atoms with Gasteiger partial charge < -0.3 is 15.2 Å². The van der Waals surface area contributed by atoms with Gasteiger partial charge in [0.1, 0.15) is 12.4 Å². The SMILES string of the molecule is CC1CCC(Cn2ncc(OCCN)cc2=O)O1. The zero-order chi connectivity index (χ0) is 13.0. The van der Waals surface area contributed by atoms with Crippen molar-refractivity contribution in [3.05, 3.63) is 22.6 Å². The van der Waals surface area contributed by atoms with Crippen molar-refractivity contribution in [1.29, 1.82) is 0 Å². The molecule has 2 heterocycles. The third kappa shape index (κ3) is 3.30. The summed E-state index contributed by atoms with van der Waals surface area (Å²) in [5.41, 5.74) is 5.15. The molecule has 6 heteroatoms. The Kier molecular flexibility index (Phi) is 4.33. The highest BCUT2D eigenvalue weighted by molar-refractivity contribution is 5.13. The summed E-state index contributed by atoms with van der Waals surface area (Å²) in [4.78, 5) is 11.8. The summed E-state index contributed by atoms with van der Waals surface area (Å²) in [6, 6.07) is 1.43. The lowest BCUT2D eigenvalue weighted by Crippen LogP contribution is -2.28. The maximum absolute atomic E-state index is 11.8. The Hall–Kier alpha value is -1.40. The molecule has 6 nitrogen and oxygen atoms in total. The monoisotopic (exact) mass is 253 g/mol. The smallest absolute Gasteiger partial charge is 0.270 e. The summed E-state index contributed by atoms with van der Waals surface area (Å²) >= 11 is 0. The van der Waals surface area contributed by atoms with E-state index in [9.17, 15) is 4.79 Å². The lowest BCUT2D eigenvalue weighted by atomic mass is 10.2. The van der Waals surface area contributed by atoms with Crippen LogP contribution < -0.4 is 16.0 Å². The fraction of sp³-hybridized carbons (Fsp3) is 0.667. The molecule has 0 saturated carbocycles. The van der Waals surface area contributed by atoms with Gasteiger partial charge in [-0.2, -0.15) is 5.10 Å². The Bertz CT molecular complexity index is 446. The molecule has 0 radical (unpaired) electrons. The second kappa shape index (κ2) is 5.97. The predicted molar refractivity (Wildman–Crippen MR) is 66.6 cm³/mol. The highest BCUT2D eigenvalue weighted by atomic mass is 16.5. The topological polar surface area (TPSA) is 79.4 Å². The summed E-state index contributed by atoms with van der Waals surface area (Å²) in [5, 5.41) is 4.08. The van der Waals surface area contributed by atoms with Gasteiger partial charge in [-0.05, 0) is 19.8 Å². The van der Waals surface area contributed by atoms with Crippen LogP contribution in [0.4, 0.5) is 0 Å². The van der Waals surface area contributed by atoms with Crippen molar-refractivity contribution in [2.24, 2.45) is 5.73 Å². The molecule has 0 amide bonds. The van der Waals surface area contributed by atoms with Gasteiger partial charge in [-0.15, -0.1) is 0 Å². The van der Waals surface area contributed by atoms with Crippen LogP contribution in [0.2, 0.25) is 0 Å². The van der Waals surface area contributed by atoms with Crippen LogP contribution in [0.25, 0.3) is 0 Å². The van der Waals surface area contributed by atoms with Crippen molar-refractivity contribution in [1.82, 2.24) is 9.78 Å². The van der Waals surface area contributed by atoms with Crippen LogP contribution in [0.15, 0.2) is 17.1 Å². The maximum atomic E-state index is 11.8. The van der Waals surface area contributed by atoms with Gasteiger partial charge in [0.2, 0.25) is 0 Å². The summed E-state index contributed by atoms with van der Waals surface area (Å²) in [6.45, 7) is 3.34. The van der Waals surface area contributed by atoms with E-state index < -0.39 is 0 Å². The lowest BCUT2D eigenvalue weighted by Gasteiger charge is -2.12. The molecule has 1 fully saturated rings. The first kappa shape index (κ1) is 13.0. The number of aromatic nitrogens is 2. The van der Waals surface area contributed by atoms with Crippen molar-refractivity contribution in [2.75, 3.05) is 13.2 Å². The Labute approximate surface area is 106 Å². The van der Waals surface area contributed by atoms with Crippen LogP contribution >= 0.6 is 0 Å². The van der Waals surface area contributed by atoms with E-state index in [4.69, 9.17) is 15.2 Å². The normalized spacial score (nSPS) is 23.2. The third-order valence-corrected chi connectivity index (χ3v) is 2.93. The molecule has 0 aromatic carbocycles. The van der Waals surface area contributed by atoms with E-state index in [-0.39, 0.29) is 17.8 Å². The second-order valence-corrected chi connectivity index (χ2v) is 4.49. The summed E-state index contributed by atoms with van der Waals surface area (Å²) in [6.07, 6.45) is 3.91. The molecule has 2 unspecified atom stereocenters. The van der Waals surface area contributed by atoms with Gasteiger partial charge in [0, 0.05) is 12.6 Å². The van der Waals surface area contributed by atoms with Crippen molar-refractivity contribution in [3.63, 3.8) is 0 Å². The number of hydrogen-bond acceptors (Lipinski definition) is 5. The van der Waals surface area contributed by atoms with Gasteiger partial charge in [-0.3, -0.25) is 4.79 Å². The molecular formula is C12H19N3O3. The molecule has 2 rings (SSSR count).